The molecule has 1 fully saturated rings. The van der Waals surface area contributed by atoms with Crippen LogP contribution in [0.3, 0.4) is 0 Å². The fraction of sp³-hybridized carbons (Fsp3) is 0.650. The van der Waals surface area contributed by atoms with Crippen LogP contribution >= 0.6 is 0 Å². The van der Waals surface area contributed by atoms with Crippen LogP contribution in [0.4, 0.5) is 4.79 Å². The number of carbonyl (C=O) groups excluding carboxylic acids is 1. The second kappa shape index (κ2) is 10.3. The van der Waals surface area contributed by atoms with Crippen LogP contribution in [0.5, 0.6) is 0 Å². The van der Waals surface area contributed by atoms with Crippen molar-refractivity contribution in [2.75, 3.05) is 13.2 Å². The van der Waals surface area contributed by atoms with Gasteiger partial charge in [0.2, 0.25) is 0 Å². The molecule has 0 aliphatic heterocycles. The smallest absolute Gasteiger partial charge is 0.408 e. The Kier molecular flexibility index (Phi) is 8.22. The van der Waals surface area contributed by atoms with E-state index in [2.05, 4.69) is 15.8 Å². The topological polar surface area (TPSA) is 142 Å². The molecule has 1 saturated carbocycles. The molecule has 1 aliphatic carbocycles. The SMILES string of the molecule is Cc1ccc(S(=O)(=O)OCC(NC(=O)OC(C)(C)C)C(O)C(CN[N+]#N)C2CC2)cc1. The number of carbonyl (C=O) groups is 1. The molecule has 1 aliphatic rings. The molecule has 0 bridgehead atoms. The monoisotopic (exact) mass is 455 g/mol. The summed E-state index contributed by atoms with van der Waals surface area (Å²) in [5.41, 5.74) is 2.54. The number of aryl methyl sites for hydroxylation is 1. The summed E-state index contributed by atoms with van der Waals surface area (Å²) in [6.07, 6.45) is -0.225. The van der Waals surface area contributed by atoms with Crippen LogP contribution in [0.15, 0.2) is 29.2 Å². The minimum absolute atomic E-state index is 0.0249. The fourth-order valence-corrected chi connectivity index (χ4v) is 4.09. The second-order valence-electron chi connectivity index (χ2n) is 8.76. The number of hydrogen-bond acceptors (Lipinski definition) is 8. The molecular formula is C20H31N4O6S+. The highest BCUT2D eigenvalue weighted by Gasteiger charge is 2.41. The fourth-order valence-electron chi connectivity index (χ4n) is 3.16. The van der Waals surface area contributed by atoms with Crippen molar-refractivity contribution in [3.63, 3.8) is 0 Å². The van der Waals surface area contributed by atoms with Crippen LogP contribution in [0.25, 0.3) is 5.08 Å². The third-order valence-electron chi connectivity index (χ3n) is 4.89. The van der Waals surface area contributed by atoms with E-state index in [9.17, 15) is 18.3 Å². The molecule has 0 spiro atoms. The first-order chi connectivity index (χ1) is 14.4. The van der Waals surface area contributed by atoms with E-state index in [1.807, 2.05) is 6.92 Å². The first-order valence-corrected chi connectivity index (χ1v) is 11.5. The summed E-state index contributed by atoms with van der Waals surface area (Å²) in [6.45, 7) is 6.57. The van der Waals surface area contributed by atoms with Crippen molar-refractivity contribution in [2.45, 2.75) is 63.2 Å². The van der Waals surface area contributed by atoms with Crippen molar-refractivity contribution in [3.05, 3.63) is 34.9 Å². The van der Waals surface area contributed by atoms with Crippen LogP contribution in [0.1, 0.15) is 39.2 Å². The number of nitrogens with one attached hydrogen (secondary N) is 2. The van der Waals surface area contributed by atoms with Crippen molar-refractivity contribution in [3.8, 4) is 0 Å². The summed E-state index contributed by atoms with van der Waals surface area (Å²) in [5.74, 6) is -0.234. The molecule has 3 unspecified atom stereocenters. The highest BCUT2D eigenvalue weighted by molar-refractivity contribution is 7.86. The number of amides is 1. The molecule has 11 heteroatoms. The molecule has 3 atom stereocenters. The van der Waals surface area contributed by atoms with Gasteiger partial charge in [-0.15, -0.1) is 0 Å². The highest BCUT2D eigenvalue weighted by atomic mass is 32.2. The predicted octanol–water partition coefficient (Wildman–Crippen LogP) is 2.34. The number of rotatable bonds is 10. The second-order valence-corrected chi connectivity index (χ2v) is 10.4. The van der Waals surface area contributed by atoms with E-state index in [-0.39, 0.29) is 23.3 Å². The van der Waals surface area contributed by atoms with Crippen LogP contribution in [0, 0.1) is 24.2 Å². The van der Waals surface area contributed by atoms with E-state index in [0.717, 1.165) is 18.4 Å². The Morgan fingerprint density at radius 1 is 1.29 bits per heavy atom. The van der Waals surface area contributed by atoms with E-state index in [4.69, 9.17) is 14.3 Å². The lowest BCUT2D eigenvalue weighted by atomic mass is 9.92. The zero-order chi connectivity index (χ0) is 23.2. The lowest BCUT2D eigenvalue weighted by molar-refractivity contribution is 0.0197. The Balaban J connectivity index is 2.16. The molecule has 1 amide bonds. The summed E-state index contributed by atoms with van der Waals surface area (Å²) in [5, 5.41) is 25.0. The molecular weight excluding hydrogens is 424 g/mol. The number of hydrogen-bond donors (Lipinski definition) is 3. The van der Waals surface area contributed by atoms with Crippen molar-refractivity contribution < 1.29 is 27.2 Å². The van der Waals surface area contributed by atoms with E-state index in [1.54, 1.807) is 32.9 Å². The Hall–Kier alpha value is -2.42. The van der Waals surface area contributed by atoms with Gasteiger partial charge in [0.1, 0.15) is 5.60 Å². The standard InChI is InChI=1S/C20H30N4O6S/c1-13-5-9-15(10-6-13)31(27,28)29-12-17(23-19(26)30-20(2,3)4)18(25)16(11-22-24-21)14-7-8-14/h5-6,9-10,14,16-18,22,25H,7-8,11-12H2,1-4H3/p+1. The normalized spacial score (nSPS) is 17.2. The van der Waals surface area contributed by atoms with Gasteiger partial charge >= 0.3 is 11.2 Å². The van der Waals surface area contributed by atoms with E-state index in [1.165, 1.54) is 12.1 Å². The van der Waals surface area contributed by atoms with Gasteiger partial charge in [-0.1, -0.05) is 17.7 Å². The maximum atomic E-state index is 12.6. The van der Waals surface area contributed by atoms with Gasteiger partial charge in [0, 0.05) is 5.92 Å². The summed E-state index contributed by atoms with van der Waals surface area (Å²) in [4.78, 5) is 12.3. The number of alkyl carbamates (subject to hydrolysis) is 1. The molecule has 1 aromatic rings. The maximum absolute atomic E-state index is 12.6. The molecule has 2 rings (SSSR count). The number of aliphatic hydroxyl groups is 1. The average molecular weight is 456 g/mol. The largest absolute Gasteiger partial charge is 0.444 e. The van der Waals surface area contributed by atoms with Crippen molar-refractivity contribution in [2.24, 2.45) is 11.8 Å². The minimum Gasteiger partial charge on any atom is -0.444 e. The zero-order valence-electron chi connectivity index (χ0n) is 18.2. The molecule has 10 nitrogen and oxygen atoms in total. The van der Waals surface area contributed by atoms with Crippen molar-refractivity contribution in [1.82, 2.24) is 10.7 Å². The third-order valence-corrected chi connectivity index (χ3v) is 6.19. The molecule has 1 aromatic carbocycles. The Morgan fingerprint density at radius 3 is 2.42 bits per heavy atom. The van der Waals surface area contributed by atoms with Gasteiger partial charge in [0.05, 0.1) is 30.2 Å². The first-order valence-electron chi connectivity index (χ1n) is 10.1. The summed E-state index contributed by atoms with van der Waals surface area (Å²) in [6, 6.07) is 5.08. The highest BCUT2D eigenvalue weighted by Crippen LogP contribution is 2.39. The van der Waals surface area contributed by atoms with Crippen molar-refractivity contribution in [1.29, 1.82) is 5.39 Å². The molecule has 0 saturated heterocycles. The zero-order valence-corrected chi connectivity index (χ0v) is 19.1. The van der Waals surface area contributed by atoms with Gasteiger partial charge in [-0.25, -0.2) is 4.79 Å². The molecule has 0 aromatic heterocycles. The number of ether oxygens (including phenoxy) is 1. The van der Waals surface area contributed by atoms with E-state index < -0.39 is 40.6 Å². The summed E-state index contributed by atoms with van der Waals surface area (Å²) < 4.78 is 35.5. The van der Waals surface area contributed by atoms with Gasteiger partial charge in [-0.05, 0) is 64.0 Å². The lowest BCUT2D eigenvalue weighted by Crippen LogP contribution is -2.52. The van der Waals surface area contributed by atoms with Gasteiger partial charge in [0.25, 0.3) is 15.5 Å². The molecule has 0 radical (unpaired) electrons. The van der Waals surface area contributed by atoms with Crippen LogP contribution in [-0.4, -0.2) is 50.5 Å². The first kappa shape index (κ1) is 24.8. The summed E-state index contributed by atoms with van der Waals surface area (Å²) >= 11 is 0. The van der Waals surface area contributed by atoms with E-state index in [0.29, 0.717) is 0 Å². The van der Waals surface area contributed by atoms with Gasteiger partial charge in [0.15, 0.2) is 0 Å². The molecule has 3 N–H and O–H groups in total. The summed E-state index contributed by atoms with van der Waals surface area (Å²) in [7, 11) is -4.10. The minimum atomic E-state index is -4.10. The number of nitrogens with zero attached hydrogens (tertiary/aromatic N) is 2. The quantitative estimate of drug-likeness (QED) is 0.277. The van der Waals surface area contributed by atoms with E-state index >= 15 is 0 Å². The van der Waals surface area contributed by atoms with Crippen LogP contribution < -0.4 is 10.7 Å². The Morgan fingerprint density at radius 2 is 1.90 bits per heavy atom. The maximum Gasteiger partial charge on any atom is 0.408 e. The Bertz CT molecular complexity index is 888. The number of aliphatic hydroxyl groups excluding tert-OH is 1. The molecule has 31 heavy (non-hydrogen) atoms. The third kappa shape index (κ3) is 7.97. The average Bonchev–Trinajstić information content (AvgIpc) is 3.49. The van der Waals surface area contributed by atoms with Crippen LogP contribution in [-0.2, 0) is 19.0 Å². The Labute approximate surface area is 183 Å². The van der Waals surface area contributed by atoms with Gasteiger partial charge in [-0.3, -0.25) is 4.18 Å². The molecule has 172 valence electrons. The number of diazo groups is 1. The van der Waals surface area contributed by atoms with Gasteiger partial charge < -0.3 is 15.2 Å². The predicted molar refractivity (Wildman–Crippen MR) is 113 cm³/mol. The van der Waals surface area contributed by atoms with Gasteiger partial charge in [-0.2, -0.15) is 8.42 Å². The molecule has 0 heterocycles. The lowest BCUT2D eigenvalue weighted by Gasteiger charge is -2.30. The van der Waals surface area contributed by atoms with Crippen molar-refractivity contribution >= 4 is 16.2 Å². The number of benzene rings is 1. The van der Waals surface area contributed by atoms with Crippen LogP contribution in [0.2, 0.25) is 0 Å².